The van der Waals surface area contributed by atoms with E-state index in [4.69, 9.17) is 0 Å². The normalized spacial score (nSPS) is 18.0. The van der Waals surface area contributed by atoms with E-state index in [2.05, 4.69) is 17.6 Å². The van der Waals surface area contributed by atoms with Crippen molar-refractivity contribution in [3.8, 4) is 0 Å². The molecule has 1 fully saturated rings. The first-order valence-corrected chi connectivity index (χ1v) is 14.7. The molecule has 6 nitrogen and oxygen atoms in total. The van der Waals surface area contributed by atoms with E-state index in [-0.39, 0.29) is 29.7 Å². The number of ketones is 1. The lowest BCUT2D eigenvalue weighted by atomic mass is 10.0. The van der Waals surface area contributed by atoms with Gasteiger partial charge in [-0.2, -0.15) is 0 Å². The number of unbranched alkanes of at least 4 members (excludes halogenated alkanes) is 14. The Labute approximate surface area is 215 Å². The molecule has 35 heavy (non-hydrogen) atoms. The molecule has 0 aromatic rings. The fourth-order valence-corrected chi connectivity index (χ4v) is 5.09. The molecular formula is C29H55N3O3. The van der Waals surface area contributed by atoms with Crippen LogP contribution in [0.2, 0.25) is 0 Å². The van der Waals surface area contributed by atoms with Gasteiger partial charge >= 0.3 is 0 Å². The maximum atomic E-state index is 12.1. The third-order valence-electron chi connectivity index (χ3n) is 7.29. The largest absolute Gasteiger partial charge is 0.356 e. The van der Waals surface area contributed by atoms with Crippen molar-refractivity contribution in [1.29, 1.82) is 0 Å². The van der Waals surface area contributed by atoms with Crippen LogP contribution < -0.4 is 10.6 Å². The van der Waals surface area contributed by atoms with Crippen LogP contribution >= 0.6 is 0 Å². The SMILES string of the molecule is CCCCCCCCCCCCCCCC(=O)NCCCCCC(=O)NC1C[C@@H](C(C)=O)N(C)C1. The minimum Gasteiger partial charge on any atom is -0.356 e. The van der Waals surface area contributed by atoms with Crippen molar-refractivity contribution < 1.29 is 14.4 Å². The first kappa shape index (κ1) is 31.6. The van der Waals surface area contributed by atoms with Crippen molar-refractivity contribution in [2.75, 3.05) is 20.1 Å². The highest BCUT2D eigenvalue weighted by atomic mass is 16.2. The average molecular weight is 494 g/mol. The Balaban J connectivity index is 1.84. The molecular weight excluding hydrogens is 438 g/mol. The van der Waals surface area contributed by atoms with Crippen molar-refractivity contribution in [2.45, 2.75) is 148 Å². The Bertz CT molecular complexity index is 582. The van der Waals surface area contributed by atoms with Crippen LogP contribution in [-0.4, -0.2) is 54.7 Å². The summed E-state index contributed by atoms with van der Waals surface area (Å²) in [6.07, 6.45) is 21.7. The van der Waals surface area contributed by atoms with Gasteiger partial charge in [0, 0.05) is 32.0 Å². The molecule has 0 bridgehead atoms. The van der Waals surface area contributed by atoms with E-state index in [9.17, 15) is 14.4 Å². The zero-order valence-electron chi connectivity index (χ0n) is 23.2. The molecule has 0 saturated carbocycles. The van der Waals surface area contributed by atoms with Crippen molar-refractivity contribution in [1.82, 2.24) is 15.5 Å². The molecule has 1 rings (SSSR count). The fraction of sp³-hybridized carbons (Fsp3) is 0.897. The number of nitrogens with zero attached hydrogens (tertiary/aromatic N) is 1. The zero-order valence-corrected chi connectivity index (χ0v) is 23.2. The quantitative estimate of drug-likeness (QED) is 0.183. The molecule has 2 N–H and O–H groups in total. The summed E-state index contributed by atoms with van der Waals surface area (Å²) in [6, 6.07) is 0.00872. The zero-order chi connectivity index (χ0) is 25.7. The van der Waals surface area contributed by atoms with Gasteiger partial charge in [-0.25, -0.2) is 0 Å². The second-order valence-corrected chi connectivity index (χ2v) is 10.7. The van der Waals surface area contributed by atoms with Gasteiger partial charge in [-0.05, 0) is 39.7 Å². The molecule has 0 aromatic carbocycles. The molecule has 0 aliphatic carbocycles. The van der Waals surface area contributed by atoms with Crippen LogP contribution in [0.5, 0.6) is 0 Å². The first-order chi connectivity index (χ1) is 16.9. The van der Waals surface area contributed by atoms with Gasteiger partial charge in [-0.1, -0.05) is 90.4 Å². The lowest BCUT2D eigenvalue weighted by Crippen LogP contribution is -2.36. The predicted octanol–water partition coefficient (Wildman–Crippen LogP) is 5.92. The minimum absolute atomic E-state index is 0.0661. The Kier molecular flexibility index (Phi) is 18.7. The van der Waals surface area contributed by atoms with Gasteiger partial charge in [-0.15, -0.1) is 0 Å². The van der Waals surface area contributed by atoms with Crippen LogP contribution in [0.1, 0.15) is 136 Å². The summed E-state index contributed by atoms with van der Waals surface area (Å²) in [5.74, 6) is 0.399. The lowest BCUT2D eigenvalue weighted by molar-refractivity contribution is -0.122. The molecule has 1 aliphatic heterocycles. The highest BCUT2D eigenvalue weighted by Gasteiger charge is 2.32. The summed E-state index contributed by atoms with van der Waals surface area (Å²) in [5.41, 5.74) is 0. The smallest absolute Gasteiger partial charge is 0.220 e. The summed E-state index contributed by atoms with van der Waals surface area (Å²) in [4.78, 5) is 37.7. The summed E-state index contributed by atoms with van der Waals surface area (Å²) < 4.78 is 0. The van der Waals surface area contributed by atoms with Crippen LogP contribution in [-0.2, 0) is 14.4 Å². The molecule has 1 saturated heterocycles. The third-order valence-corrected chi connectivity index (χ3v) is 7.29. The number of likely N-dealkylation sites (tertiary alicyclic amines) is 1. The van der Waals surface area contributed by atoms with Crippen LogP contribution in [0, 0.1) is 0 Å². The van der Waals surface area contributed by atoms with Crippen molar-refractivity contribution in [3.63, 3.8) is 0 Å². The van der Waals surface area contributed by atoms with Gasteiger partial charge in [0.2, 0.25) is 11.8 Å². The van der Waals surface area contributed by atoms with Crippen LogP contribution in [0.4, 0.5) is 0 Å². The molecule has 1 aliphatic rings. The van der Waals surface area contributed by atoms with E-state index in [0.717, 1.165) is 38.6 Å². The van der Waals surface area contributed by atoms with Crippen molar-refractivity contribution in [2.24, 2.45) is 0 Å². The lowest BCUT2D eigenvalue weighted by Gasteiger charge is -2.14. The molecule has 6 heteroatoms. The number of hydrogen-bond acceptors (Lipinski definition) is 4. The Morgan fingerprint density at radius 2 is 1.20 bits per heavy atom. The Hall–Kier alpha value is -1.43. The third kappa shape index (κ3) is 16.8. The molecule has 0 radical (unpaired) electrons. The van der Waals surface area contributed by atoms with E-state index in [1.54, 1.807) is 6.92 Å². The number of amides is 2. The van der Waals surface area contributed by atoms with Crippen molar-refractivity contribution >= 4 is 17.6 Å². The van der Waals surface area contributed by atoms with Crippen LogP contribution in [0.3, 0.4) is 0 Å². The summed E-state index contributed by atoms with van der Waals surface area (Å²) in [6.45, 7) is 5.32. The predicted molar refractivity (Wildman–Crippen MR) is 145 cm³/mol. The van der Waals surface area contributed by atoms with E-state index >= 15 is 0 Å². The molecule has 204 valence electrons. The van der Waals surface area contributed by atoms with Gasteiger partial charge in [0.1, 0.15) is 5.78 Å². The summed E-state index contributed by atoms with van der Waals surface area (Å²) >= 11 is 0. The number of carbonyl (C=O) groups excluding carboxylic acids is 3. The number of nitrogens with one attached hydrogen (secondary N) is 2. The number of carbonyl (C=O) groups is 3. The summed E-state index contributed by atoms with van der Waals surface area (Å²) in [7, 11) is 1.94. The topological polar surface area (TPSA) is 78.5 Å². The molecule has 0 aromatic heterocycles. The second kappa shape index (κ2) is 20.7. The number of rotatable bonds is 22. The van der Waals surface area contributed by atoms with Gasteiger partial charge in [0.25, 0.3) is 0 Å². The van der Waals surface area contributed by atoms with E-state index < -0.39 is 0 Å². The standard InChI is InChI=1S/C29H55N3O3/c1-4-5-6-7-8-9-10-11-12-13-14-15-17-20-28(34)30-22-19-16-18-21-29(35)31-26-23-27(25(2)33)32(3)24-26/h26-27H,4-24H2,1-3H3,(H,30,34)(H,31,35)/t26?,27-/m0/s1. The maximum absolute atomic E-state index is 12.1. The maximum Gasteiger partial charge on any atom is 0.220 e. The Morgan fingerprint density at radius 1 is 0.714 bits per heavy atom. The van der Waals surface area contributed by atoms with Gasteiger partial charge < -0.3 is 10.6 Å². The number of Topliss-reactive ketones (excluding diaryl/α,β-unsaturated/α-hetero) is 1. The molecule has 1 heterocycles. The van der Waals surface area contributed by atoms with Gasteiger partial charge in [0.15, 0.2) is 0 Å². The number of hydrogen-bond donors (Lipinski definition) is 2. The van der Waals surface area contributed by atoms with Gasteiger partial charge in [0.05, 0.1) is 6.04 Å². The van der Waals surface area contributed by atoms with Crippen LogP contribution in [0.15, 0.2) is 0 Å². The summed E-state index contributed by atoms with van der Waals surface area (Å²) in [5, 5.41) is 6.08. The molecule has 2 atom stereocenters. The fourth-order valence-electron chi connectivity index (χ4n) is 5.09. The molecule has 2 amide bonds. The van der Waals surface area contributed by atoms with Crippen molar-refractivity contribution in [3.05, 3.63) is 0 Å². The minimum atomic E-state index is -0.0661. The highest BCUT2D eigenvalue weighted by molar-refractivity contribution is 5.82. The molecule has 0 spiro atoms. The van der Waals surface area contributed by atoms with E-state index in [0.29, 0.717) is 25.8 Å². The van der Waals surface area contributed by atoms with Gasteiger partial charge in [-0.3, -0.25) is 19.3 Å². The first-order valence-electron chi connectivity index (χ1n) is 14.7. The second-order valence-electron chi connectivity index (χ2n) is 10.7. The Morgan fingerprint density at radius 3 is 1.71 bits per heavy atom. The van der Waals surface area contributed by atoms with E-state index in [1.807, 2.05) is 11.9 Å². The monoisotopic (exact) mass is 493 g/mol. The highest BCUT2D eigenvalue weighted by Crippen LogP contribution is 2.17. The molecule has 1 unspecified atom stereocenters. The van der Waals surface area contributed by atoms with Crippen LogP contribution in [0.25, 0.3) is 0 Å². The average Bonchev–Trinajstić information content (AvgIpc) is 3.19. The van der Waals surface area contributed by atoms with E-state index in [1.165, 1.54) is 70.6 Å². The number of likely N-dealkylation sites (N-methyl/N-ethyl adjacent to an activating group) is 1.